The minimum Gasteiger partial charge on any atom is -0.368 e. The zero-order chi connectivity index (χ0) is 19.4. The van der Waals surface area contributed by atoms with Gasteiger partial charge in [-0.15, -0.1) is 0 Å². The van der Waals surface area contributed by atoms with Crippen LogP contribution < -0.4 is 4.90 Å². The molecular formula is C24H32N2O. The fourth-order valence-electron chi connectivity index (χ4n) is 3.62. The van der Waals surface area contributed by atoms with E-state index in [0.29, 0.717) is 6.42 Å². The predicted octanol–water partition coefficient (Wildman–Crippen LogP) is 4.57. The molecule has 0 N–H and O–H groups in total. The van der Waals surface area contributed by atoms with Gasteiger partial charge in [-0.25, -0.2) is 0 Å². The molecule has 1 saturated heterocycles. The molecule has 0 spiro atoms. The molecule has 1 aliphatic heterocycles. The summed E-state index contributed by atoms with van der Waals surface area (Å²) in [4.78, 5) is 17.0. The Balaban J connectivity index is 1.48. The summed E-state index contributed by atoms with van der Waals surface area (Å²) in [6.45, 7) is 12.2. The lowest BCUT2D eigenvalue weighted by Crippen LogP contribution is -2.48. The van der Waals surface area contributed by atoms with Crippen LogP contribution in [0.4, 0.5) is 5.69 Å². The summed E-state index contributed by atoms with van der Waals surface area (Å²) in [6, 6.07) is 17.3. The molecule has 3 rings (SSSR count). The minimum atomic E-state index is 0.172. The number of carbonyl (C=O) groups is 1. The van der Waals surface area contributed by atoms with Gasteiger partial charge in [-0.3, -0.25) is 4.79 Å². The molecule has 2 aromatic carbocycles. The van der Waals surface area contributed by atoms with Crippen molar-refractivity contribution in [3.05, 3.63) is 65.2 Å². The van der Waals surface area contributed by atoms with Crippen molar-refractivity contribution < 1.29 is 4.79 Å². The van der Waals surface area contributed by atoms with Gasteiger partial charge in [-0.05, 0) is 47.6 Å². The van der Waals surface area contributed by atoms with E-state index in [4.69, 9.17) is 0 Å². The van der Waals surface area contributed by atoms with E-state index in [-0.39, 0.29) is 11.3 Å². The van der Waals surface area contributed by atoms with E-state index < -0.39 is 0 Å². The first-order chi connectivity index (χ1) is 12.8. The first-order valence-corrected chi connectivity index (χ1v) is 10.0. The smallest absolute Gasteiger partial charge is 0.223 e. The molecule has 27 heavy (non-hydrogen) atoms. The topological polar surface area (TPSA) is 23.6 Å². The van der Waals surface area contributed by atoms with E-state index in [0.717, 1.165) is 32.6 Å². The van der Waals surface area contributed by atoms with Gasteiger partial charge in [-0.1, -0.05) is 57.2 Å². The van der Waals surface area contributed by atoms with Crippen molar-refractivity contribution in [2.75, 3.05) is 31.1 Å². The molecule has 0 atom stereocenters. The van der Waals surface area contributed by atoms with Crippen LogP contribution in [0.3, 0.4) is 0 Å². The Morgan fingerprint density at radius 2 is 1.63 bits per heavy atom. The molecule has 144 valence electrons. The van der Waals surface area contributed by atoms with Crippen molar-refractivity contribution in [3.8, 4) is 0 Å². The molecular weight excluding hydrogens is 332 g/mol. The average molecular weight is 365 g/mol. The number of aryl methyl sites for hydroxylation is 2. The number of carbonyl (C=O) groups excluding carboxylic acids is 1. The van der Waals surface area contributed by atoms with Crippen LogP contribution in [0, 0.1) is 6.92 Å². The van der Waals surface area contributed by atoms with E-state index in [9.17, 15) is 4.79 Å². The van der Waals surface area contributed by atoms with Crippen molar-refractivity contribution in [2.45, 2.75) is 46.0 Å². The third-order valence-corrected chi connectivity index (χ3v) is 5.45. The van der Waals surface area contributed by atoms with Crippen LogP contribution in [-0.2, 0) is 16.6 Å². The van der Waals surface area contributed by atoms with Crippen LogP contribution in [0.15, 0.2) is 48.5 Å². The van der Waals surface area contributed by atoms with Gasteiger partial charge in [0.1, 0.15) is 0 Å². The summed E-state index contributed by atoms with van der Waals surface area (Å²) in [7, 11) is 0. The molecule has 0 bridgehead atoms. The maximum atomic E-state index is 12.6. The fraction of sp³-hybridized carbons (Fsp3) is 0.458. The number of rotatable bonds is 4. The molecule has 1 amide bonds. The van der Waals surface area contributed by atoms with Crippen LogP contribution >= 0.6 is 0 Å². The van der Waals surface area contributed by atoms with Gasteiger partial charge < -0.3 is 9.80 Å². The van der Waals surface area contributed by atoms with E-state index in [1.165, 1.54) is 22.4 Å². The van der Waals surface area contributed by atoms with Gasteiger partial charge in [0.05, 0.1) is 0 Å². The highest BCUT2D eigenvalue weighted by molar-refractivity contribution is 5.76. The molecule has 0 saturated carbocycles. The predicted molar refractivity (Wildman–Crippen MR) is 113 cm³/mol. The standard InChI is InChI=1S/C24H32N2O/c1-19-6-5-7-22(18-19)25-14-16-26(17-15-25)23(27)13-10-20-8-11-21(12-9-20)24(2,3)4/h5-9,11-12,18H,10,13-17H2,1-4H3. The summed E-state index contributed by atoms with van der Waals surface area (Å²) in [6.07, 6.45) is 1.42. The van der Waals surface area contributed by atoms with Crippen LogP contribution in [0.2, 0.25) is 0 Å². The van der Waals surface area contributed by atoms with Gasteiger partial charge in [0, 0.05) is 38.3 Å². The number of hydrogen-bond donors (Lipinski definition) is 0. The lowest BCUT2D eigenvalue weighted by Gasteiger charge is -2.36. The van der Waals surface area contributed by atoms with Crippen LogP contribution in [0.1, 0.15) is 43.9 Å². The zero-order valence-electron chi connectivity index (χ0n) is 17.2. The first kappa shape index (κ1) is 19.5. The monoisotopic (exact) mass is 364 g/mol. The maximum Gasteiger partial charge on any atom is 0.223 e. The third kappa shape index (κ3) is 5.12. The summed E-state index contributed by atoms with van der Waals surface area (Å²) >= 11 is 0. The maximum absolute atomic E-state index is 12.6. The van der Waals surface area contributed by atoms with Gasteiger partial charge in [-0.2, -0.15) is 0 Å². The average Bonchev–Trinajstić information content (AvgIpc) is 2.66. The number of nitrogens with zero attached hydrogens (tertiary/aromatic N) is 2. The quantitative estimate of drug-likeness (QED) is 0.793. The Bertz CT molecular complexity index is 766. The molecule has 1 fully saturated rings. The van der Waals surface area contributed by atoms with Crippen molar-refractivity contribution in [1.82, 2.24) is 4.90 Å². The minimum absolute atomic E-state index is 0.172. The summed E-state index contributed by atoms with van der Waals surface area (Å²) < 4.78 is 0. The number of piperazine rings is 1. The molecule has 2 aromatic rings. The molecule has 1 aliphatic rings. The molecule has 0 unspecified atom stereocenters. The second-order valence-electron chi connectivity index (χ2n) is 8.65. The lowest BCUT2D eigenvalue weighted by atomic mass is 9.86. The second-order valence-corrected chi connectivity index (χ2v) is 8.65. The zero-order valence-corrected chi connectivity index (χ0v) is 17.2. The fourth-order valence-corrected chi connectivity index (χ4v) is 3.62. The number of hydrogen-bond acceptors (Lipinski definition) is 2. The molecule has 3 nitrogen and oxygen atoms in total. The Morgan fingerprint density at radius 3 is 2.22 bits per heavy atom. The highest BCUT2D eigenvalue weighted by Crippen LogP contribution is 2.23. The van der Waals surface area contributed by atoms with Crippen LogP contribution in [0.25, 0.3) is 0 Å². The second kappa shape index (κ2) is 8.16. The number of benzene rings is 2. The highest BCUT2D eigenvalue weighted by atomic mass is 16.2. The van der Waals surface area contributed by atoms with Crippen molar-refractivity contribution >= 4 is 11.6 Å². The van der Waals surface area contributed by atoms with E-state index in [2.05, 4.69) is 81.1 Å². The molecule has 0 aromatic heterocycles. The van der Waals surface area contributed by atoms with E-state index >= 15 is 0 Å². The van der Waals surface area contributed by atoms with Crippen molar-refractivity contribution in [3.63, 3.8) is 0 Å². The van der Waals surface area contributed by atoms with Crippen LogP contribution in [0.5, 0.6) is 0 Å². The van der Waals surface area contributed by atoms with E-state index in [1.807, 2.05) is 4.90 Å². The number of anilines is 1. The largest absolute Gasteiger partial charge is 0.368 e. The van der Waals surface area contributed by atoms with Crippen LogP contribution in [-0.4, -0.2) is 37.0 Å². The van der Waals surface area contributed by atoms with E-state index in [1.54, 1.807) is 0 Å². The molecule has 1 heterocycles. The number of amides is 1. The Hall–Kier alpha value is -2.29. The summed E-state index contributed by atoms with van der Waals surface area (Å²) in [5.41, 5.74) is 5.30. The van der Waals surface area contributed by atoms with Crippen molar-refractivity contribution in [1.29, 1.82) is 0 Å². The Labute approximate surface area is 164 Å². The lowest BCUT2D eigenvalue weighted by molar-refractivity contribution is -0.131. The Morgan fingerprint density at radius 1 is 0.963 bits per heavy atom. The van der Waals surface area contributed by atoms with Gasteiger partial charge in [0.25, 0.3) is 0 Å². The van der Waals surface area contributed by atoms with Gasteiger partial charge in [0.15, 0.2) is 0 Å². The molecule has 0 radical (unpaired) electrons. The normalized spacial score (nSPS) is 15.1. The third-order valence-electron chi connectivity index (χ3n) is 5.45. The first-order valence-electron chi connectivity index (χ1n) is 10.0. The Kier molecular flexibility index (Phi) is 5.88. The van der Waals surface area contributed by atoms with Gasteiger partial charge in [0.2, 0.25) is 5.91 Å². The summed E-state index contributed by atoms with van der Waals surface area (Å²) in [5.74, 6) is 0.277. The molecule has 3 heteroatoms. The summed E-state index contributed by atoms with van der Waals surface area (Å²) in [5, 5.41) is 0. The van der Waals surface area contributed by atoms with Gasteiger partial charge >= 0.3 is 0 Å². The SMILES string of the molecule is Cc1cccc(N2CCN(C(=O)CCc3ccc(C(C)(C)C)cc3)CC2)c1. The molecule has 0 aliphatic carbocycles. The highest BCUT2D eigenvalue weighted by Gasteiger charge is 2.21. The van der Waals surface area contributed by atoms with Crippen molar-refractivity contribution in [2.24, 2.45) is 0 Å².